The summed E-state index contributed by atoms with van der Waals surface area (Å²) in [6.07, 6.45) is 2.20. The van der Waals surface area contributed by atoms with Crippen LogP contribution in [0.25, 0.3) is 0 Å². The first-order chi connectivity index (χ1) is 5.74. The third-order valence-corrected chi connectivity index (χ3v) is 3.43. The van der Waals surface area contributed by atoms with E-state index in [0.29, 0.717) is 0 Å². The van der Waals surface area contributed by atoms with Gasteiger partial charge in [-0.3, -0.25) is 0 Å². The Hall–Kier alpha value is -0.380. The second-order valence-electron chi connectivity index (χ2n) is 2.98. The Kier molecular flexibility index (Phi) is 3.72. The van der Waals surface area contributed by atoms with Crippen LogP contribution in [0.1, 0.15) is 19.8 Å². The minimum absolute atomic E-state index is 0.269. The maximum atomic E-state index is 10.8. The number of nitrogens with two attached hydrogens (primary N) is 1. The van der Waals surface area contributed by atoms with Crippen molar-refractivity contribution in [2.24, 2.45) is 5.73 Å². The van der Waals surface area contributed by atoms with Gasteiger partial charge in [0.2, 0.25) is 0 Å². The molecule has 0 atom stereocenters. The standard InChI is InChI=1S/C8H16N2OS/c1-2-12-7-3-5-10(6-4-7)8(9)11/h7H,2-6H2,1H3,(H2,9,11). The van der Waals surface area contributed by atoms with Crippen LogP contribution >= 0.6 is 11.8 Å². The van der Waals surface area contributed by atoms with Gasteiger partial charge in [-0.25, -0.2) is 4.79 Å². The van der Waals surface area contributed by atoms with Gasteiger partial charge >= 0.3 is 6.03 Å². The quantitative estimate of drug-likeness (QED) is 0.709. The Balaban J connectivity index is 2.25. The molecule has 0 radical (unpaired) electrons. The Bertz CT molecular complexity index is 155. The number of carbonyl (C=O) groups excluding carboxylic acids is 1. The lowest BCUT2D eigenvalue weighted by atomic mass is 10.1. The van der Waals surface area contributed by atoms with Gasteiger partial charge < -0.3 is 10.6 Å². The Morgan fingerprint density at radius 3 is 2.58 bits per heavy atom. The van der Waals surface area contributed by atoms with Crippen molar-refractivity contribution in [2.45, 2.75) is 25.0 Å². The highest BCUT2D eigenvalue weighted by Crippen LogP contribution is 2.22. The Morgan fingerprint density at radius 2 is 2.17 bits per heavy atom. The zero-order valence-electron chi connectivity index (χ0n) is 7.45. The van der Waals surface area contributed by atoms with E-state index >= 15 is 0 Å². The second-order valence-corrected chi connectivity index (χ2v) is 4.56. The van der Waals surface area contributed by atoms with E-state index in [0.717, 1.165) is 31.2 Å². The third kappa shape index (κ3) is 2.59. The normalized spacial score (nSPS) is 19.6. The average Bonchev–Trinajstić information content (AvgIpc) is 2.06. The van der Waals surface area contributed by atoms with Crippen LogP contribution in [0.3, 0.4) is 0 Å². The summed E-state index contributed by atoms with van der Waals surface area (Å²) in [7, 11) is 0. The van der Waals surface area contributed by atoms with Crippen LogP contribution in [0.2, 0.25) is 0 Å². The summed E-state index contributed by atoms with van der Waals surface area (Å²) >= 11 is 1.99. The highest BCUT2D eigenvalue weighted by atomic mass is 32.2. The predicted molar refractivity (Wildman–Crippen MR) is 52.3 cm³/mol. The van der Waals surface area contributed by atoms with Gasteiger partial charge in [-0.2, -0.15) is 11.8 Å². The largest absolute Gasteiger partial charge is 0.351 e. The number of carbonyl (C=O) groups is 1. The zero-order valence-corrected chi connectivity index (χ0v) is 8.27. The molecule has 0 aromatic carbocycles. The topological polar surface area (TPSA) is 46.3 Å². The number of thioether (sulfide) groups is 1. The molecule has 12 heavy (non-hydrogen) atoms. The number of primary amides is 1. The Morgan fingerprint density at radius 1 is 1.58 bits per heavy atom. The summed E-state index contributed by atoms with van der Waals surface area (Å²) in [6.45, 7) is 3.85. The molecule has 2 amide bonds. The van der Waals surface area contributed by atoms with E-state index in [1.807, 2.05) is 11.8 Å². The number of likely N-dealkylation sites (tertiary alicyclic amines) is 1. The maximum Gasteiger partial charge on any atom is 0.314 e. The molecule has 70 valence electrons. The van der Waals surface area contributed by atoms with Crippen molar-refractivity contribution in [2.75, 3.05) is 18.8 Å². The van der Waals surface area contributed by atoms with Gasteiger partial charge in [0.05, 0.1) is 0 Å². The summed E-state index contributed by atoms with van der Waals surface area (Å²) < 4.78 is 0. The molecule has 1 aliphatic heterocycles. The fourth-order valence-corrected chi connectivity index (χ4v) is 2.49. The monoisotopic (exact) mass is 188 g/mol. The molecule has 0 unspecified atom stereocenters. The summed E-state index contributed by atoms with van der Waals surface area (Å²) in [5.41, 5.74) is 5.17. The highest BCUT2D eigenvalue weighted by Gasteiger charge is 2.20. The van der Waals surface area contributed by atoms with Crippen molar-refractivity contribution >= 4 is 17.8 Å². The molecule has 0 spiro atoms. The van der Waals surface area contributed by atoms with Crippen LogP contribution in [-0.2, 0) is 0 Å². The average molecular weight is 188 g/mol. The summed E-state index contributed by atoms with van der Waals surface area (Å²) in [5.74, 6) is 1.17. The first kappa shape index (κ1) is 9.71. The van der Waals surface area contributed by atoms with E-state index in [1.54, 1.807) is 4.90 Å². The van der Waals surface area contributed by atoms with Crippen molar-refractivity contribution in [3.63, 3.8) is 0 Å². The van der Waals surface area contributed by atoms with E-state index < -0.39 is 0 Å². The lowest BCUT2D eigenvalue weighted by molar-refractivity contribution is 0.197. The number of amides is 2. The van der Waals surface area contributed by atoms with Gasteiger partial charge in [0, 0.05) is 18.3 Å². The van der Waals surface area contributed by atoms with Crippen LogP contribution in [0.5, 0.6) is 0 Å². The van der Waals surface area contributed by atoms with E-state index in [2.05, 4.69) is 6.92 Å². The molecule has 1 fully saturated rings. The molecule has 0 aliphatic carbocycles. The molecule has 0 bridgehead atoms. The molecule has 2 N–H and O–H groups in total. The summed E-state index contributed by atoms with van der Waals surface area (Å²) in [6, 6.07) is -0.269. The van der Waals surface area contributed by atoms with Gasteiger partial charge in [0.1, 0.15) is 0 Å². The fourth-order valence-electron chi connectivity index (χ4n) is 1.48. The third-order valence-electron chi connectivity index (χ3n) is 2.16. The maximum absolute atomic E-state index is 10.8. The number of urea groups is 1. The number of nitrogens with zero attached hydrogens (tertiary/aromatic N) is 1. The minimum atomic E-state index is -0.269. The summed E-state index contributed by atoms with van der Waals surface area (Å²) in [5, 5.41) is 0.741. The van der Waals surface area contributed by atoms with Gasteiger partial charge in [-0.05, 0) is 18.6 Å². The van der Waals surface area contributed by atoms with Gasteiger partial charge in [0.25, 0.3) is 0 Å². The predicted octanol–water partition coefficient (Wildman–Crippen LogP) is 1.28. The lowest BCUT2D eigenvalue weighted by Gasteiger charge is -2.30. The first-order valence-electron chi connectivity index (χ1n) is 4.40. The molecule has 0 saturated carbocycles. The smallest absolute Gasteiger partial charge is 0.314 e. The molecule has 0 aromatic heterocycles. The molecule has 1 saturated heterocycles. The molecule has 0 aromatic rings. The van der Waals surface area contributed by atoms with Gasteiger partial charge in [-0.15, -0.1) is 0 Å². The van der Waals surface area contributed by atoms with Crippen molar-refractivity contribution in [3.8, 4) is 0 Å². The number of piperidine rings is 1. The molecule has 4 heteroatoms. The van der Waals surface area contributed by atoms with Gasteiger partial charge in [-0.1, -0.05) is 6.92 Å². The van der Waals surface area contributed by atoms with Crippen molar-refractivity contribution in [1.82, 2.24) is 4.90 Å². The lowest BCUT2D eigenvalue weighted by Crippen LogP contribution is -2.42. The van der Waals surface area contributed by atoms with Crippen molar-refractivity contribution in [3.05, 3.63) is 0 Å². The molecular weight excluding hydrogens is 172 g/mol. The number of hydrogen-bond donors (Lipinski definition) is 1. The molecule has 1 heterocycles. The van der Waals surface area contributed by atoms with E-state index in [-0.39, 0.29) is 6.03 Å². The highest BCUT2D eigenvalue weighted by molar-refractivity contribution is 7.99. The minimum Gasteiger partial charge on any atom is -0.351 e. The van der Waals surface area contributed by atoms with Crippen LogP contribution in [-0.4, -0.2) is 35.0 Å². The number of hydrogen-bond acceptors (Lipinski definition) is 2. The van der Waals surface area contributed by atoms with Crippen LogP contribution in [0, 0.1) is 0 Å². The van der Waals surface area contributed by atoms with Crippen LogP contribution in [0.15, 0.2) is 0 Å². The van der Waals surface area contributed by atoms with Gasteiger partial charge in [0.15, 0.2) is 0 Å². The molecule has 3 nitrogen and oxygen atoms in total. The first-order valence-corrected chi connectivity index (χ1v) is 5.45. The molecule has 1 aliphatic rings. The van der Waals surface area contributed by atoms with Crippen molar-refractivity contribution in [1.29, 1.82) is 0 Å². The van der Waals surface area contributed by atoms with E-state index in [9.17, 15) is 4.79 Å². The SMILES string of the molecule is CCSC1CCN(C(N)=O)CC1. The molecule has 1 rings (SSSR count). The Labute approximate surface area is 77.7 Å². The summed E-state index contributed by atoms with van der Waals surface area (Å²) in [4.78, 5) is 12.5. The number of rotatable bonds is 2. The molecular formula is C8H16N2OS. The van der Waals surface area contributed by atoms with Crippen LogP contribution < -0.4 is 5.73 Å². The zero-order chi connectivity index (χ0) is 8.97. The second kappa shape index (κ2) is 4.60. The van der Waals surface area contributed by atoms with E-state index in [4.69, 9.17) is 5.73 Å². The fraction of sp³-hybridized carbons (Fsp3) is 0.875. The van der Waals surface area contributed by atoms with Crippen LogP contribution in [0.4, 0.5) is 4.79 Å². The van der Waals surface area contributed by atoms with E-state index in [1.165, 1.54) is 5.75 Å². The van der Waals surface area contributed by atoms with Crippen molar-refractivity contribution < 1.29 is 4.79 Å².